The van der Waals surface area contributed by atoms with Crippen molar-refractivity contribution in [2.24, 2.45) is 0 Å². The molecule has 3 saturated heterocycles. The molecule has 0 spiro atoms. The molecule has 1 amide bonds. The molecule has 0 aromatic carbocycles. The Hall–Kier alpha value is -1.18. The van der Waals surface area contributed by atoms with Gasteiger partial charge in [0.25, 0.3) is 0 Å². The number of ether oxygens (including phenoxy) is 1. The molecule has 3 heterocycles. The molecular weight excluding hydrogens is 368 g/mol. The van der Waals surface area contributed by atoms with E-state index in [1.54, 1.807) is 0 Å². The SMILES string of the molecule is CC(=O)O[C@@H](CN1CCCCC1)CN1CCN(C(=O)CCN2CCCCC2)CC1. The number of carbonyl (C=O) groups is 2. The van der Waals surface area contributed by atoms with E-state index in [1.807, 2.05) is 4.90 Å². The van der Waals surface area contributed by atoms with Gasteiger partial charge < -0.3 is 14.5 Å². The van der Waals surface area contributed by atoms with Crippen molar-refractivity contribution >= 4 is 11.9 Å². The van der Waals surface area contributed by atoms with Crippen LogP contribution in [0.25, 0.3) is 0 Å². The van der Waals surface area contributed by atoms with Gasteiger partial charge >= 0.3 is 5.97 Å². The van der Waals surface area contributed by atoms with Gasteiger partial charge in [0.2, 0.25) is 5.91 Å². The first kappa shape index (κ1) is 22.5. The Morgan fingerprint density at radius 3 is 1.79 bits per heavy atom. The number of esters is 1. The average molecular weight is 409 g/mol. The second kappa shape index (κ2) is 11.9. The van der Waals surface area contributed by atoms with Crippen LogP contribution in [-0.4, -0.2) is 110 Å². The molecule has 0 bridgehead atoms. The molecule has 3 aliphatic heterocycles. The first-order valence-electron chi connectivity index (χ1n) is 11.7. The highest BCUT2D eigenvalue weighted by Crippen LogP contribution is 2.13. The summed E-state index contributed by atoms with van der Waals surface area (Å²) in [5, 5.41) is 0. The summed E-state index contributed by atoms with van der Waals surface area (Å²) in [6.07, 6.45) is 8.23. The van der Waals surface area contributed by atoms with Crippen LogP contribution < -0.4 is 0 Å². The van der Waals surface area contributed by atoms with Crippen molar-refractivity contribution in [1.29, 1.82) is 0 Å². The molecule has 0 aliphatic carbocycles. The molecule has 3 aliphatic rings. The fourth-order valence-electron chi connectivity index (χ4n) is 4.86. The van der Waals surface area contributed by atoms with E-state index in [2.05, 4.69) is 14.7 Å². The topological polar surface area (TPSA) is 56.3 Å². The van der Waals surface area contributed by atoms with E-state index in [-0.39, 0.29) is 12.1 Å². The molecule has 0 aromatic heterocycles. The lowest BCUT2D eigenvalue weighted by Crippen LogP contribution is -2.52. The van der Waals surface area contributed by atoms with E-state index < -0.39 is 0 Å². The third kappa shape index (κ3) is 7.87. The maximum Gasteiger partial charge on any atom is 0.302 e. The molecule has 7 heteroatoms. The highest BCUT2D eigenvalue weighted by Gasteiger charge is 2.26. The van der Waals surface area contributed by atoms with E-state index in [0.29, 0.717) is 12.3 Å². The third-order valence-corrected chi connectivity index (χ3v) is 6.52. The lowest BCUT2D eigenvalue weighted by Gasteiger charge is -2.38. The Labute approximate surface area is 176 Å². The molecule has 3 rings (SSSR count). The molecule has 0 radical (unpaired) electrons. The molecule has 7 nitrogen and oxygen atoms in total. The summed E-state index contributed by atoms with van der Waals surface area (Å²) in [4.78, 5) is 33.4. The van der Waals surface area contributed by atoms with Crippen LogP contribution in [-0.2, 0) is 14.3 Å². The maximum atomic E-state index is 12.6. The zero-order chi connectivity index (χ0) is 20.5. The summed E-state index contributed by atoms with van der Waals surface area (Å²) in [7, 11) is 0. The summed E-state index contributed by atoms with van der Waals surface area (Å²) in [5.74, 6) is 0.0959. The van der Waals surface area contributed by atoms with Crippen LogP contribution in [0.3, 0.4) is 0 Å². The fraction of sp³-hybridized carbons (Fsp3) is 0.909. The van der Waals surface area contributed by atoms with Crippen molar-refractivity contribution in [1.82, 2.24) is 19.6 Å². The first-order valence-corrected chi connectivity index (χ1v) is 11.7. The Balaban J connectivity index is 1.38. The summed E-state index contributed by atoms with van der Waals surface area (Å²) >= 11 is 0. The highest BCUT2D eigenvalue weighted by molar-refractivity contribution is 5.76. The number of piperazine rings is 1. The van der Waals surface area contributed by atoms with Gasteiger partial charge in [-0.2, -0.15) is 0 Å². The summed E-state index contributed by atoms with van der Waals surface area (Å²) in [6.45, 7) is 11.8. The number of amides is 1. The van der Waals surface area contributed by atoms with Crippen molar-refractivity contribution in [3.63, 3.8) is 0 Å². The van der Waals surface area contributed by atoms with Gasteiger partial charge in [0, 0.05) is 59.2 Å². The zero-order valence-corrected chi connectivity index (χ0v) is 18.3. The molecule has 0 N–H and O–H groups in total. The van der Waals surface area contributed by atoms with E-state index in [0.717, 1.165) is 72.0 Å². The van der Waals surface area contributed by atoms with Crippen molar-refractivity contribution in [2.45, 2.75) is 58.0 Å². The van der Waals surface area contributed by atoms with Gasteiger partial charge in [0.15, 0.2) is 0 Å². The van der Waals surface area contributed by atoms with Crippen LogP contribution in [0.4, 0.5) is 0 Å². The Morgan fingerprint density at radius 2 is 1.24 bits per heavy atom. The number of rotatable bonds is 8. The van der Waals surface area contributed by atoms with E-state index in [4.69, 9.17) is 4.74 Å². The fourth-order valence-corrected chi connectivity index (χ4v) is 4.86. The minimum Gasteiger partial charge on any atom is -0.460 e. The first-order chi connectivity index (χ1) is 14.1. The number of likely N-dealkylation sites (tertiary alicyclic amines) is 2. The summed E-state index contributed by atoms with van der Waals surface area (Å²) in [6, 6.07) is 0. The van der Waals surface area contributed by atoms with Gasteiger partial charge in [-0.25, -0.2) is 0 Å². The third-order valence-electron chi connectivity index (χ3n) is 6.52. The predicted octanol–water partition coefficient (Wildman–Crippen LogP) is 1.42. The van der Waals surface area contributed by atoms with Crippen molar-refractivity contribution in [3.8, 4) is 0 Å². The number of nitrogens with zero attached hydrogens (tertiary/aromatic N) is 4. The van der Waals surface area contributed by atoms with Crippen LogP contribution in [0, 0.1) is 0 Å². The predicted molar refractivity (Wildman–Crippen MR) is 114 cm³/mol. The van der Waals surface area contributed by atoms with E-state index in [1.165, 1.54) is 45.4 Å². The Morgan fingerprint density at radius 1 is 0.724 bits per heavy atom. The Bertz CT molecular complexity index is 510. The van der Waals surface area contributed by atoms with E-state index >= 15 is 0 Å². The second-order valence-corrected chi connectivity index (χ2v) is 8.93. The Kier molecular flexibility index (Phi) is 9.21. The van der Waals surface area contributed by atoms with Crippen LogP contribution >= 0.6 is 0 Å². The molecule has 3 fully saturated rings. The summed E-state index contributed by atoms with van der Waals surface area (Å²) in [5.41, 5.74) is 0. The van der Waals surface area contributed by atoms with Gasteiger partial charge in [0.1, 0.15) is 6.10 Å². The molecule has 0 unspecified atom stereocenters. The number of carbonyl (C=O) groups excluding carboxylic acids is 2. The van der Waals surface area contributed by atoms with Gasteiger partial charge in [-0.05, 0) is 51.9 Å². The largest absolute Gasteiger partial charge is 0.460 e. The number of hydrogen-bond acceptors (Lipinski definition) is 6. The van der Waals surface area contributed by atoms with Crippen LogP contribution in [0.5, 0.6) is 0 Å². The van der Waals surface area contributed by atoms with E-state index in [9.17, 15) is 9.59 Å². The van der Waals surface area contributed by atoms with Crippen molar-refractivity contribution in [2.75, 3.05) is 72.0 Å². The summed E-state index contributed by atoms with van der Waals surface area (Å²) < 4.78 is 5.63. The van der Waals surface area contributed by atoms with Crippen LogP contribution in [0.2, 0.25) is 0 Å². The lowest BCUT2D eigenvalue weighted by atomic mass is 10.1. The normalized spacial score (nSPS) is 23.7. The molecular formula is C22H40N4O3. The van der Waals surface area contributed by atoms with Crippen LogP contribution in [0.15, 0.2) is 0 Å². The highest BCUT2D eigenvalue weighted by atomic mass is 16.5. The number of hydrogen-bond donors (Lipinski definition) is 0. The lowest BCUT2D eigenvalue weighted by molar-refractivity contribution is -0.148. The molecule has 29 heavy (non-hydrogen) atoms. The van der Waals surface area contributed by atoms with Gasteiger partial charge in [-0.15, -0.1) is 0 Å². The average Bonchev–Trinajstić information content (AvgIpc) is 2.73. The molecule has 0 aromatic rings. The monoisotopic (exact) mass is 408 g/mol. The smallest absolute Gasteiger partial charge is 0.302 e. The van der Waals surface area contributed by atoms with Gasteiger partial charge in [-0.3, -0.25) is 19.4 Å². The molecule has 1 atom stereocenters. The number of piperidine rings is 2. The molecule has 166 valence electrons. The zero-order valence-electron chi connectivity index (χ0n) is 18.3. The minimum atomic E-state index is -0.196. The molecule has 0 saturated carbocycles. The quantitative estimate of drug-likeness (QED) is 0.567. The van der Waals surface area contributed by atoms with Gasteiger partial charge in [0.05, 0.1) is 0 Å². The maximum absolute atomic E-state index is 12.6. The van der Waals surface area contributed by atoms with Crippen LogP contribution in [0.1, 0.15) is 51.9 Å². The van der Waals surface area contributed by atoms with Crippen molar-refractivity contribution in [3.05, 3.63) is 0 Å². The van der Waals surface area contributed by atoms with Gasteiger partial charge in [-0.1, -0.05) is 12.8 Å². The standard InChI is InChI=1S/C22H40N4O3/c1-20(27)29-21(18-24-11-6-3-7-12-24)19-25-14-16-26(17-15-25)22(28)8-13-23-9-4-2-5-10-23/h21H,2-19H2,1H3/t21-/m0/s1. The minimum absolute atomic E-state index is 0.0769. The van der Waals surface area contributed by atoms with Crippen molar-refractivity contribution < 1.29 is 14.3 Å². The second-order valence-electron chi connectivity index (χ2n) is 8.93.